The summed E-state index contributed by atoms with van der Waals surface area (Å²) >= 11 is 5.74. The van der Waals surface area contributed by atoms with Crippen LogP contribution in [0.4, 0.5) is 29.3 Å². The van der Waals surface area contributed by atoms with Crippen LogP contribution in [0.5, 0.6) is 0 Å². The number of hydrogen-bond acceptors (Lipinski definition) is 4. The number of aromatic nitrogens is 1. The van der Waals surface area contributed by atoms with Gasteiger partial charge in [-0.05, 0) is 93.1 Å². The zero-order chi connectivity index (χ0) is 30.2. The molecule has 0 spiro atoms. The Bertz CT molecular complexity index is 1480. The number of benzene rings is 2. The first kappa shape index (κ1) is 29.7. The first-order chi connectivity index (χ1) is 19.9. The number of fused-ring (bicyclic) bond motifs is 1. The molecule has 2 heterocycles. The maximum Gasteiger partial charge on any atom is 0.418 e. The highest BCUT2D eigenvalue weighted by Crippen LogP contribution is 2.37. The first-order valence-corrected chi connectivity index (χ1v) is 14.3. The number of carbonyl (C=O) groups is 2. The van der Waals surface area contributed by atoms with Gasteiger partial charge in [-0.15, -0.1) is 0 Å². The van der Waals surface area contributed by atoms with Crippen LogP contribution in [-0.2, 0) is 12.6 Å². The molecule has 7 nitrogen and oxygen atoms in total. The predicted octanol–water partition coefficient (Wildman–Crippen LogP) is 6.92. The average molecular weight is 600 g/mol. The molecule has 1 atom stereocenters. The van der Waals surface area contributed by atoms with Gasteiger partial charge in [-0.25, -0.2) is 4.79 Å². The second-order valence-corrected chi connectivity index (χ2v) is 11.5. The van der Waals surface area contributed by atoms with E-state index in [4.69, 9.17) is 11.6 Å². The maximum absolute atomic E-state index is 13.5. The highest BCUT2D eigenvalue weighted by atomic mass is 35.5. The Balaban J connectivity index is 1.23. The summed E-state index contributed by atoms with van der Waals surface area (Å²) in [6, 6.07) is 11.8. The minimum atomic E-state index is -4.68. The van der Waals surface area contributed by atoms with E-state index in [2.05, 4.69) is 32.7 Å². The van der Waals surface area contributed by atoms with Crippen molar-refractivity contribution in [3.8, 4) is 0 Å². The number of nitrogens with zero attached hydrogens (tertiary/aromatic N) is 3. The Labute approximate surface area is 248 Å². The zero-order valence-corrected chi connectivity index (χ0v) is 24.4. The van der Waals surface area contributed by atoms with Crippen molar-refractivity contribution in [2.75, 3.05) is 30.4 Å². The number of amides is 3. The van der Waals surface area contributed by atoms with Crippen molar-refractivity contribution < 1.29 is 22.8 Å². The summed E-state index contributed by atoms with van der Waals surface area (Å²) in [7, 11) is 1.82. The van der Waals surface area contributed by atoms with Crippen LogP contribution in [0.1, 0.15) is 63.7 Å². The average Bonchev–Trinajstić information content (AvgIpc) is 3.33. The van der Waals surface area contributed by atoms with E-state index in [1.54, 1.807) is 17.0 Å². The van der Waals surface area contributed by atoms with Crippen LogP contribution in [0, 0.1) is 13.8 Å². The molecule has 5 rings (SSSR count). The third-order valence-corrected chi connectivity index (χ3v) is 8.31. The van der Waals surface area contributed by atoms with Crippen molar-refractivity contribution in [2.45, 2.75) is 57.8 Å². The fraction of sp³-hybridized carbons (Fsp3) is 0.387. The topological polar surface area (TPSA) is 77.6 Å². The van der Waals surface area contributed by atoms with Crippen molar-refractivity contribution in [1.82, 2.24) is 15.2 Å². The SMILES string of the molecule is Cc1cc(N2CCC(N(C)C(=O)c3ccc4c(c3)C(NC(=O)Nc3ccc(Cl)cc3C(F)(F)F)CC4)CC2)cc(C)n1. The van der Waals surface area contributed by atoms with Gasteiger partial charge < -0.3 is 20.4 Å². The molecule has 1 fully saturated rings. The van der Waals surface area contributed by atoms with Gasteiger partial charge in [-0.3, -0.25) is 9.78 Å². The van der Waals surface area contributed by atoms with Crippen LogP contribution in [0.2, 0.25) is 5.02 Å². The Kier molecular flexibility index (Phi) is 8.37. The molecule has 1 aromatic heterocycles. The summed E-state index contributed by atoms with van der Waals surface area (Å²) in [6.45, 7) is 5.64. The smallest absolute Gasteiger partial charge is 0.371 e. The van der Waals surface area contributed by atoms with E-state index < -0.39 is 23.8 Å². The second kappa shape index (κ2) is 11.8. The number of urea groups is 1. The molecule has 11 heteroatoms. The minimum Gasteiger partial charge on any atom is -0.371 e. The van der Waals surface area contributed by atoms with Gasteiger partial charge in [0, 0.05) is 53.8 Å². The van der Waals surface area contributed by atoms with Crippen molar-refractivity contribution in [3.05, 3.63) is 87.2 Å². The van der Waals surface area contributed by atoms with Gasteiger partial charge in [0.05, 0.1) is 17.3 Å². The highest BCUT2D eigenvalue weighted by molar-refractivity contribution is 6.30. The van der Waals surface area contributed by atoms with Gasteiger partial charge in [0.25, 0.3) is 5.91 Å². The fourth-order valence-corrected chi connectivity index (χ4v) is 6.11. The summed E-state index contributed by atoms with van der Waals surface area (Å²) in [5, 5.41) is 5.01. The van der Waals surface area contributed by atoms with Gasteiger partial charge in [-0.1, -0.05) is 17.7 Å². The van der Waals surface area contributed by atoms with Crippen LogP contribution in [-0.4, -0.2) is 48.0 Å². The number of halogens is 4. The maximum atomic E-state index is 13.5. The summed E-state index contributed by atoms with van der Waals surface area (Å²) in [5.74, 6) is -0.0991. The van der Waals surface area contributed by atoms with E-state index in [1.807, 2.05) is 27.0 Å². The Hall–Kier alpha value is -3.79. The third-order valence-electron chi connectivity index (χ3n) is 8.08. The van der Waals surface area contributed by atoms with Crippen LogP contribution in [0.15, 0.2) is 48.5 Å². The van der Waals surface area contributed by atoms with E-state index in [0.29, 0.717) is 18.4 Å². The number of rotatable bonds is 5. The fourth-order valence-electron chi connectivity index (χ4n) is 5.94. The van der Waals surface area contributed by atoms with E-state index in [-0.39, 0.29) is 22.7 Å². The molecule has 1 unspecified atom stereocenters. The number of piperidine rings is 1. The molecular formula is C31H33ClF3N5O2. The number of hydrogen-bond donors (Lipinski definition) is 2. The van der Waals surface area contributed by atoms with Gasteiger partial charge in [-0.2, -0.15) is 13.2 Å². The first-order valence-electron chi connectivity index (χ1n) is 13.9. The monoisotopic (exact) mass is 599 g/mol. The van der Waals surface area contributed by atoms with E-state index in [1.165, 1.54) is 6.07 Å². The standard InChI is InChI=1S/C31H33ClF3N5O2/c1-18-14-24(15-19(2)36-18)40-12-10-23(11-13-40)39(3)29(41)21-5-4-20-6-8-27(25(20)16-21)37-30(42)38-28-9-7-22(32)17-26(28)31(33,34)35/h4-5,7,9,14-17,23,27H,6,8,10-13H2,1-3H3,(H2,37,38,42). The van der Waals surface area contributed by atoms with E-state index >= 15 is 0 Å². The van der Waals surface area contributed by atoms with Gasteiger partial charge in [0.15, 0.2) is 0 Å². The zero-order valence-electron chi connectivity index (χ0n) is 23.7. The van der Waals surface area contributed by atoms with Gasteiger partial charge in [0.2, 0.25) is 0 Å². The molecular weight excluding hydrogens is 567 g/mol. The van der Waals surface area contributed by atoms with Crippen LogP contribution in [0.25, 0.3) is 0 Å². The number of anilines is 2. The normalized spacial score (nSPS) is 17.1. The van der Waals surface area contributed by atoms with Crippen molar-refractivity contribution in [1.29, 1.82) is 0 Å². The largest absolute Gasteiger partial charge is 0.418 e. The number of aryl methyl sites for hydroxylation is 3. The van der Waals surface area contributed by atoms with E-state index in [0.717, 1.165) is 66.3 Å². The lowest BCUT2D eigenvalue weighted by Crippen LogP contribution is -2.45. The molecule has 42 heavy (non-hydrogen) atoms. The number of alkyl halides is 3. The lowest BCUT2D eigenvalue weighted by Gasteiger charge is -2.38. The van der Waals surface area contributed by atoms with Crippen molar-refractivity contribution >= 4 is 34.9 Å². The lowest BCUT2D eigenvalue weighted by atomic mass is 10.00. The molecule has 3 aromatic rings. The molecule has 222 valence electrons. The molecule has 2 aliphatic rings. The molecule has 1 aliphatic carbocycles. The molecule has 1 aliphatic heterocycles. The Morgan fingerprint density at radius 1 is 1.00 bits per heavy atom. The molecule has 2 N–H and O–H groups in total. The molecule has 0 bridgehead atoms. The molecule has 3 amide bonds. The highest BCUT2D eigenvalue weighted by Gasteiger charge is 2.35. The molecule has 2 aromatic carbocycles. The van der Waals surface area contributed by atoms with Crippen LogP contribution < -0.4 is 15.5 Å². The number of nitrogens with one attached hydrogen (secondary N) is 2. The summed E-state index contributed by atoms with van der Waals surface area (Å²) in [6.07, 6.45) is -1.74. The lowest BCUT2D eigenvalue weighted by molar-refractivity contribution is -0.136. The van der Waals surface area contributed by atoms with Gasteiger partial charge >= 0.3 is 12.2 Å². The Morgan fingerprint density at radius 3 is 2.36 bits per heavy atom. The number of pyridine rings is 1. The second-order valence-electron chi connectivity index (χ2n) is 11.0. The summed E-state index contributed by atoms with van der Waals surface area (Å²) in [5.41, 5.74) is 4.03. The van der Waals surface area contributed by atoms with Crippen LogP contribution >= 0.6 is 11.6 Å². The Morgan fingerprint density at radius 2 is 1.69 bits per heavy atom. The summed E-state index contributed by atoms with van der Waals surface area (Å²) < 4.78 is 40.4. The summed E-state index contributed by atoms with van der Waals surface area (Å²) in [4.78, 5) is 34.8. The van der Waals surface area contributed by atoms with Crippen molar-refractivity contribution in [2.24, 2.45) is 0 Å². The quantitative estimate of drug-likeness (QED) is 0.334. The molecule has 1 saturated heterocycles. The minimum absolute atomic E-state index is 0.0790. The molecule has 0 radical (unpaired) electrons. The van der Waals surface area contributed by atoms with Crippen LogP contribution in [0.3, 0.4) is 0 Å². The number of carbonyl (C=O) groups excluding carboxylic acids is 2. The molecule has 0 saturated carbocycles. The third kappa shape index (κ3) is 6.48. The van der Waals surface area contributed by atoms with Gasteiger partial charge in [0.1, 0.15) is 0 Å². The van der Waals surface area contributed by atoms with E-state index in [9.17, 15) is 22.8 Å². The van der Waals surface area contributed by atoms with Crippen molar-refractivity contribution in [3.63, 3.8) is 0 Å². The predicted molar refractivity (Wildman–Crippen MR) is 157 cm³/mol.